The maximum Gasteiger partial charge on any atom is 0.258 e. The van der Waals surface area contributed by atoms with Crippen molar-refractivity contribution in [2.75, 3.05) is 5.73 Å². The van der Waals surface area contributed by atoms with E-state index in [1.807, 2.05) is 18.2 Å². The minimum absolute atomic E-state index is 0.374. The summed E-state index contributed by atoms with van der Waals surface area (Å²) in [5, 5.41) is 0. The predicted octanol–water partition coefficient (Wildman–Crippen LogP) is 6.58. The normalized spacial score (nSPS) is 41.0. The first kappa shape index (κ1) is 24.0. The number of fused-ring (bicyclic) bond motifs is 5. The highest BCUT2D eigenvalue weighted by Crippen LogP contribution is 2.68. The zero-order valence-corrected chi connectivity index (χ0v) is 21.6. The molecule has 34 heavy (non-hydrogen) atoms. The molecule has 1 aromatic rings. The van der Waals surface area contributed by atoms with Crippen LogP contribution < -0.4 is 16.2 Å². The highest BCUT2D eigenvalue weighted by molar-refractivity contribution is 5.79. The average Bonchev–Trinajstić information content (AvgIpc) is 3.15. The van der Waals surface area contributed by atoms with E-state index in [1.54, 1.807) is 6.07 Å². The van der Waals surface area contributed by atoms with Crippen molar-refractivity contribution in [1.29, 1.82) is 0 Å². The number of hydrogen-bond acceptors (Lipinski definition) is 3. The number of anilines is 1. The Balaban J connectivity index is 1.30. The van der Waals surface area contributed by atoms with Crippen LogP contribution in [0.2, 0.25) is 0 Å². The van der Waals surface area contributed by atoms with Gasteiger partial charge in [-0.2, -0.15) is 0 Å². The lowest BCUT2D eigenvalue weighted by atomic mass is 9.44. The summed E-state index contributed by atoms with van der Waals surface area (Å²) in [5.74, 6) is 4.97. The van der Waals surface area contributed by atoms with E-state index in [0.29, 0.717) is 40.5 Å². The lowest BCUT2D eigenvalue weighted by molar-refractivity contribution is -0.127. The van der Waals surface area contributed by atoms with Crippen molar-refractivity contribution in [2.24, 2.45) is 52.1 Å². The predicted molar refractivity (Wildman–Crippen MR) is 138 cm³/mol. The number of amides is 1. The van der Waals surface area contributed by atoms with Crippen molar-refractivity contribution < 1.29 is 9.53 Å². The van der Waals surface area contributed by atoms with E-state index >= 15 is 0 Å². The van der Waals surface area contributed by atoms with Crippen LogP contribution in [0.5, 0.6) is 5.75 Å². The topological polar surface area (TPSA) is 78.3 Å². The Morgan fingerprint density at radius 3 is 2.59 bits per heavy atom. The lowest BCUT2D eigenvalue weighted by Gasteiger charge is -2.61. The van der Waals surface area contributed by atoms with Crippen molar-refractivity contribution in [2.45, 2.75) is 97.5 Å². The fourth-order valence-corrected chi connectivity index (χ4v) is 9.75. The van der Waals surface area contributed by atoms with Gasteiger partial charge >= 0.3 is 0 Å². The van der Waals surface area contributed by atoms with E-state index in [2.05, 4.69) is 20.8 Å². The van der Waals surface area contributed by atoms with Crippen LogP contribution in [0, 0.1) is 46.3 Å². The molecule has 0 spiro atoms. The number of ether oxygens (including phenoxy) is 1. The molecule has 2 unspecified atom stereocenters. The van der Waals surface area contributed by atoms with E-state index in [9.17, 15) is 4.79 Å². The minimum Gasteiger partial charge on any atom is -0.481 e. The Morgan fingerprint density at radius 1 is 1.03 bits per heavy atom. The molecule has 4 aliphatic carbocycles. The average molecular weight is 467 g/mol. The number of carbonyl (C=O) groups excluding carboxylic acids is 1. The van der Waals surface area contributed by atoms with Crippen LogP contribution in [0.25, 0.3) is 0 Å². The molecule has 0 saturated heterocycles. The van der Waals surface area contributed by atoms with Crippen LogP contribution in [0.15, 0.2) is 24.3 Å². The van der Waals surface area contributed by atoms with E-state index in [4.69, 9.17) is 16.2 Å². The largest absolute Gasteiger partial charge is 0.481 e. The maximum atomic E-state index is 12.3. The van der Waals surface area contributed by atoms with Gasteiger partial charge in [0.15, 0.2) is 6.10 Å². The molecule has 4 heteroatoms. The summed E-state index contributed by atoms with van der Waals surface area (Å²) in [6, 6.07) is 7.31. The molecule has 0 aliphatic heterocycles. The highest BCUT2D eigenvalue weighted by Gasteiger charge is 2.60. The van der Waals surface area contributed by atoms with Crippen molar-refractivity contribution >= 4 is 11.6 Å². The van der Waals surface area contributed by atoms with Crippen molar-refractivity contribution in [3.8, 4) is 5.75 Å². The number of benzene rings is 1. The standard InChI is InChI=1S/C30H46N2O2/c1-19(17-27(28(32)33)34-22-9-6-8-21(31)18-22)24-12-13-25-23-11-10-20-7-4-5-15-29(20,2)26(23)14-16-30(24,25)3/h6,8-9,18-20,23-27H,4-5,7,10-17,31H2,1-3H3,(H2,32,33)/t19-,20?,23+,24-,25+,26+,27?,29+,30-/m1/s1. The summed E-state index contributed by atoms with van der Waals surface area (Å²) >= 11 is 0. The molecule has 9 atom stereocenters. The molecule has 4 N–H and O–H groups in total. The summed E-state index contributed by atoms with van der Waals surface area (Å²) < 4.78 is 6.06. The third kappa shape index (κ3) is 4.03. The van der Waals surface area contributed by atoms with Crippen LogP contribution in [0.3, 0.4) is 0 Å². The third-order valence-electron chi connectivity index (χ3n) is 11.4. The molecule has 1 amide bonds. The second-order valence-electron chi connectivity index (χ2n) is 12.9. The highest BCUT2D eigenvalue weighted by atomic mass is 16.5. The summed E-state index contributed by atoms with van der Waals surface area (Å²) in [5.41, 5.74) is 13.3. The number of hydrogen-bond donors (Lipinski definition) is 2. The molecule has 0 radical (unpaired) electrons. The quantitative estimate of drug-likeness (QED) is 0.465. The van der Waals surface area contributed by atoms with Gasteiger partial charge in [0, 0.05) is 11.8 Å². The minimum atomic E-state index is -0.604. The first-order valence-corrected chi connectivity index (χ1v) is 14.0. The number of nitrogen functional groups attached to an aromatic ring is 1. The second-order valence-corrected chi connectivity index (χ2v) is 12.9. The monoisotopic (exact) mass is 466 g/mol. The van der Waals surface area contributed by atoms with Gasteiger partial charge in [-0.3, -0.25) is 4.79 Å². The van der Waals surface area contributed by atoms with E-state index in [-0.39, 0.29) is 5.91 Å². The molecule has 0 heterocycles. The van der Waals surface area contributed by atoms with Gasteiger partial charge in [-0.05, 0) is 116 Å². The molecule has 0 bridgehead atoms. The van der Waals surface area contributed by atoms with Crippen LogP contribution in [0.4, 0.5) is 5.69 Å². The molecule has 4 fully saturated rings. The Kier molecular flexibility index (Phi) is 6.40. The first-order chi connectivity index (χ1) is 16.2. The number of carbonyl (C=O) groups is 1. The summed E-state index contributed by atoms with van der Waals surface area (Å²) in [6.07, 6.45) is 14.2. The van der Waals surface area contributed by atoms with Gasteiger partial charge in [0.2, 0.25) is 0 Å². The number of primary amides is 1. The van der Waals surface area contributed by atoms with Gasteiger partial charge < -0.3 is 16.2 Å². The fourth-order valence-electron chi connectivity index (χ4n) is 9.75. The molecule has 5 rings (SSSR count). The van der Waals surface area contributed by atoms with Crippen molar-refractivity contribution in [1.82, 2.24) is 0 Å². The molecule has 1 aromatic carbocycles. The smallest absolute Gasteiger partial charge is 0.258 e. The first-order valence-electron chi connectivity index (χ1n) is 14.0. The zero-order valence-electron chi connectivity index (χ0n) is 21.6. The SMILES string of the molecule is C[C@H](CC(Oc1cccc(N)c1)C(N)=O)[C@H]1CC[C@H]2[C@@H]3CCC4CCCC[C@]4(C)[C@H]3CC[C@]12C. The van der Waals surface area contributed by atoms with E-state index < -0.39 is 6.10 Å². The Labute approximate surface area is 206 Å². The fraction of sp³-hybridized carbons (Fsp3) is 0.767. The van der Waals surface area contributed by atoms with Gasteiger partial charge in [-0.25, -0.2) is 0 Å². The van der Waals surface area contributed by atoms with Crippen LogP contribution in [-0.4, -0.2) is 12.0 Å². The number of nitrogens with two attached hydrogens (primary N) is 2. The molecule has 4 nitrogen and oxygen atoms in total. The van der Waals surface area contributed by atoms with Crippen molar-refractivity contribution in [3.05, 3.63) is 24.3 Å². The Morgan fingerprint density at radius 2 is 1.82 bits per heavy atom. The zero-order chi connectivity index (χ0) is 24.1. The molecule has 0 aromatic heterocycles. The van der Waals surface area contributed by atoms with Crippen LogP contribution in [0.1, 0.15) is 91.4 Å². The van der Waals surface area contributed by atoms with Crippen LogP contribution >= 0.6 is 0 Å². The molecule has 4 aliphatic rings. The molecule has 188 valence electrons. The van der Waals surface area contributed by atoms with Crippen molar-refractivity contribution in [3.63, 3.8) is 0 Å². The molecular weight excluding hydrogens is 420 g/mol. The van der Waals surface area contributed by atoms with Crippen LogP contribution in [-0.2, 0) is 4.79 Å². The molecular formula is C30H46N2O2. The van der Waals surface area contributed by atoms with E-state index in [0.717, 1.165) is 23.7 Å². The van der Waals surface area contributed by atoms with Gasteiger partial charge in [0.1, 0.15) is 5.75 Å². The molecule has 4 saturated carbocycles. The Hall–Kier alpha value is -1.71. The third-order valence-corrected chi connectivity index (χ3v) is 11.4. The second kappa shape index (κ2) is 9.06. The van der Waals surface area contributed by atoms with E-state index in [1.165, 1.54) is 64.2 Å². The summed E-state index contributed by atoms with van der Waals surface area (Å²) in [6.45, 7) is 7.59. The van der Waals surface area contributed by atoms with Gasteiger partial charge in [-0.1, -0.05) is 39.7 Å². The van der Waals surface area contributed by atoms with Gasteiger partial charge in [-0.15, -0.1) is 0 Å². The lowest BCUT2D eigenvalue weighted by Crippen LogP contribution is -2.53. The summed E-state index contributed by atoms with van der Waals surface area (Å²) in [7, 11) is 0. The van der Waals surface area contributed by atoms with Gasteiger partial charge in [0.25, 0.3) is 5.91 Å². The number of rotatable bonds is 6. The Bertz CT molecular complexity index is 902. The maximum absolute atomic E-state index is 12.3. The summed E-state index contributed by atoms with van der Waals surface area (Å²) in [4.78, 5) is 12.3. The van der Waals surface area contributed by atoms with Gasteiger partial charge in [0.05, 0.1) is 0 Å².